The number of halogens is 1. The summed E-state index contributed by atoms with van der Waals surface area (Å²) in [7, 11) is 0. The van der Waals surface area contributed by atoms with Crippen LogP contribution in [-0.2, 0) is 0 Å². The normalized spacial score (nSPS) is 12.0. The first-order valence-corrected chi connectivity index (χ1v) is 8.88. The summed E-state index contributed by atoms with van der Waals surface area (Å²) in [6.07, 6.45) is 0. The van der Waals surface area contributed by atoms with Gasteiger partial charge in [0.05, 0.1) is 6.04 Å². The van der Waals surface area contributed by atoms with Gasteiger partial charge in [-0.15, -0.1) is 11.3 Å². The zero-order chi connectivity index (χ0) is 17.1. The molecule has 3 nitrogen and oxygen atoms in total. The van der Waals surface area contributed by atoms with Crippen LogP contribution in [0.3, 0.4) is 0 Å². The van der Waals surface area contributed by atoms with Crippen LogP contribution in [0.5, 0.6) is 0 Å². The molecule has 3 rings (SSSR count). The predicted molar refractivity (Wildman–Crippen MR) is 99.6 cm³/mol. The number of carbonyl (C=O) groups is 1. The fourth-order valence-corrected chi connectivity index (χ4v) is 3.54. The molecule has 0 saturated heterocycles. The summed E-state index contributed by atoms with van der Waals surface area (Å²) in [6.45, 7) is 3.89. The van der Waals surface area contributed by atoms with Gasteiger partial charge in [-0.3, -0.25) is 4.79 Å². The lowest BCUT2D eigenvalue weighted by atomic mass is 10.1. The van der Waals surface area contributed by atoms with Crippen LogP contribution < -0.4 is 5.32 Å². The summed E-state index contributed by atoms with van der Waals surface area (Å²) >= 11 is 7.78. The monoisotopic (exact) mass is 356 g/mol. The minimum Gasteiger partial charge on any atom is -0.345 e. The Morgan fingerprint density at radius 3 is 2.50 bits per heavy atom. The number of carbonyl (C=O) groups excluding carboxylic acids is 1. The zero-order valence-electron chi connectivity index (χ0n) is 13.4. The summed E-state index contributed by atoms with van der Waals surface area (Å²) in [5.74, 6) is -0.121. The van der Waals surface area contributed by atoms with Crippen LogP contribution in [0, 0.1) is 6.92 Å². The molecule has 1 N–H and O–H groups in total. The highest BCUT2D eigenvalue weighted by molar-refractivity contribution is 7.13. The van der Waals surface area contributed by atoms with Crippen molar-refractivity contribution >= 4 is 28.8 Å². The van der Waals surface area contributed by atoms with Gasteiger partial charge in [-0.1, -0.05) is 41.9 Å². The van der Waals surface area contributed by atoms with Gasteiger partial charge in [0.15, 0.2) is 0 Å². The quantitative estimate of drug-likeness (QED) is 0.692. The Morgan fingerprint density at radius 1 is 1.17 bits per heavy atom. The smallest absolute Gasteiger partial charge is 0.251 e. The molecular formula is C19H17ClN2OS. The first kappa shape index (κ1) is 16.7. The molecule has 122 valence electrons. The summed E-state index contributed by atoms with van der Waals surface area (Å²) in [4.78, 5) is 16.9. The van der Waals surface area contributed by atoms with Crippen molar-refractivity contribution in [2.24, 2.45) is 0 Å². The predicted octanol–water partition coefficient (Wildman–Crippen LogP) is 5.26. The van der Waals surface area contributed by atoms with Crippen LogP contribution in [0.1, 0.15) is 34.6 Å². The van der Waals surface area contributed by atoms with E-state index in [1.165, 1.54) is 0 Å². The van der Waals surface area contributed by atoms with Crippen molar-refractivity contribution in [3.63, 3.8) is 0 Å². The second-order valence-electron chi connectivity index (χ2n) is 5.59. The molecule has 1 aromatic heterocycles. The Morgan fingerprint density at radius 2 is 1.88 bits per heavy atom. The minimum absolute atomic E-state index is 0.121. The van der Waals surface area contributed by atoms with Crippen molar-refractivity contribution in [2.75, 3.05) is 0 Å². The maximum absolute atomic E-state index is 12.4. The van der Waals surface area contributed by atoms with Gasteiger partial charge in [-0.05, 0) is 37.6 Å². The average Bonchev–Trinajstić information content (AvgIpc) is 3.02. The summed E-state index contributed by atoms with van der Waals surface area (Å²) in [5, 5.41) is 6.61. The fraction of sp³-hybridized carbons (Fsp3) is 0.158. The standard InChI is InChI=1S/C19H17ClN2OS/c1-12-11-24-19(21-12)15-9-7-14(8-10-15)18(23)22-13(2)16-5-3-4-6-17(16)20/h3-11,13H,1-2H3,(H,22,23). The van der Waals surface area contributed by atoms with Crippen molar-refractivity contribution in [1.29, 1.82) is 0 Å². The highest BCUT2D eigenvalue weighted by atomic mass is 35.5. The lowest BCUT2D eigenvalue weighted by Crippen LogP contribution is -2.26. The molecule has 1 heterocycles. The van der Waals surface area contributed by atoms with Gasteiger partial charge in [0, 0.05) is 27.2 Å². The second kappa shape index (κ2) is 7.16. The van der Waals surface area contributed by atoms with Crippen molar-refractivity contribution in [3.05, 3.63) is 75.8 Å². The van der Waals surface area contributed by atoms with Crippen molar-refractivity contribution < 1.29 is 4.79 Å². The van der Waals surface area contributed by atoms with Crippen LogP contribution in [0.15, 0.2) is 53.9 Å². The third kappa shape index (κ3) is 3.66. The molecule has 0 bridgehead atoms. The van der Waals surface area contributed by atoms with Crippen LogP contribution in [0.2, 0.25) is 5.02 Å². The average molecular weight is 357 g/mol. The fourth-order valence-electron chi connectivity index (χ4n) is 2.43. The molecule has 3 aromatic rings. The molecule has 0 fully saturated rings. The number of amides is 1. The summed E-state index contributed by atoms with van der Waals surface area (Å²) in [6, 6.07) is 14.9. The SMILES string of the molecule is Cc1csc(-c2ccc(C(=O)NC(C)c3ccccc3Cl)cc2)n1. The first-order chi connectivity index (χ1) is 11.5. The number of hydrogen-bond acceptors (Lipinski definition) is 3. The van der Waals surface area contributed by atoms with Gasteiger partial charge in [0.25, 0.3) is 5.91 Å². The van der Waals surface area contributed by atoms with E-state index >= 15 is 0 Å². The minimum atomic E-state index is -0.160. The Kier molecular flexibility index (Phi) is 4.97. The second-order valence-corrected chi connectivity index (χ2v) is 6.85. The van der Waals surface area contributed by atoms with E-state index in [-0.39, 0.29) is 11.9 Å². The Bertz CT molecular complexity index is 858. The number of hydrogen-bond donors (Lipinski definition) is 1. The van der Waals surface area contributed by atoms with Crippen molar-refractivity contribution in [1.82, 2.24) is 10.3 Å². The lowest BCUT2D eigenvalue weighted by molar-refractivity contribution is 0.0940. The van der Waals surface area contributed by atoms with Crippen molar-refractivity contribution in [2.45, 2.75) is 19.9 Å². The van der Waals surface area contributed by atoms with E-state index in [4.69, 9.17) is 11.6 Å². The van der Waals surface area contributed by atoms with Gasteiger partial charge in [-0.2, -0.15) is 0 Å². The molecule has 0 aliphatic heterocycles. The molecule has 1 atom stereocenters. The topological polar surface area (TPSA) is 42.0 Å². The number of aromatic nitrogens is 1. The van der Waals surface area contributed by atoms with Gasteiger partial charge >= 0.3 is 0 Å². The van der Waals surface area contributed by atoms with E-state index in [2.05, 4.69) is 10.3 Å². The number of benzene rings is 2. The van der Waals surface area contributed by atoms with E-state index < -0.39 is 0 Å². The van der Waals surface area contributed by atoms with E-state index in [1.807, 2.05) is 67.8 Å². The summed E-state index contributed by atoms with van der Waals surface area (Å²) in [5.41, 5.74) is 3.54. The maximum Gasteiger partial charge on any atom is 0.251 e. The lowest BCUT2D eigenvalue weighted by Gasteiger charge is -2.15. The van der Waals surface area contributed by atoms with E-state index in [9.17, 15) is 4.79 Å². The molecule has 2 aromatic carbocycles. The van der Waals surface area contributed by atoms with Crippen molar-refractivity contribution in [3.8, 4) is 10.6 Å². The van der Waals surface area contributed by atoms with Gasteiger partial charge < -0.3 is 5.32 Å². The number of nitrogens with one attached hydrogen (secondary N) is 1. The maximum atomic E-state index is 12.4. The van der Waals surface area contributed by atoms with Crippen LogP contribution in [0.25, 0.3) is 10.6 Å². The third-order valence-corrected chi connectivity index (χ3v) is 5.09. The number of thiazole rings is 1. The highest BCUT2D eigenvalue weighted by Crippen LogP contribution is 2.25. The Hall–Kier alpha value is -2.17. The Balaban J connectivity index is 1.72. The third-order valence-electron chi connectivity index (χ3n) is 3.73. The van der Waals surface area contributed by atoms with Crippen LogP contribution in [-0.4, -0.2) is 10.9 Å². The molecular weight excluding hydrogens is 340 g/mol. The highest BCUT2D eigenvalue weighted by Gasteiger charge is 2.14. The number of nitrogens with zero attached hydrogens (tertiary/aromatic N) is 1. The summed E-state index contributed by atoms with van der Waals surface area (Å²) < 4.78 is 0. The van der Waals surface area contributed by atoms with Crippen LogP contribution in [0.4, 0.5) is 0 Å². The molecule has 5 heteroatoms. The number of rotatable bonds is 4. The van der Waals surface area contributed by atoms with Gasteiger partial charge in [-0.25, -0.2) is 4.98 Å². The zero-order valence-corrected chi connectivity index (χ0v) is 15.0. The molecule has 0 spiro atoms. The van der Waals surface area contributed by atoms with E-state index in [0.29, 0.717) is 10.6 Å². The number of aryl methyl sites for hydroxylation is 1. The molecule has 1 amide bonds. The molecule has 1 unspecified atom stereocenters. The van der Waals surface area contributed by atoms with Gasteiger partial charge in [0.2, 0.25) is 0 Å². The van der Waals surface area contributed by atoms with E-state index in [0.717, 1.165) is 21.8 Å². The van der Waals surface area contributed by atoms with E-state index in [1.54, 1.807) is 11.3 Å². The Labute approximate surface area is 150 Å². The molecule has 0 aliphatic carbocycles. The molecule has 0 radical (unpaired) electrons. The van der Waals surface area contributed by atoms with Gasteiger partial charge in [0.1, 0.15) is 5.01 Å². The molecule has 24 heavy (non-hydrogen) atoms. The largest absolute Gasteiger partial charge is 0.345 e. The first-order valence-electron chi connectivity index (χ1n) is 7.62. The molecule has 0 saturated carbocycles. The molecule has 0 aliphatic rings. The van der Waals surface area contributed by atoms with Crippen LogP contribution >= 0.6 is 22.9 Å².